The molecule has 0 aliphatic rings. The molecule has 2 N–H and O–H groups in total. The van der Waals surface area contributed by atoms with Crippen molar-refractivity contribution in [3.63, 3.8) is 0 Å². The van der Waals surface area contributed by atoms with Gasteiger partial charge in [0.1, 0.15) is 12.3 Å². The predicted octanol–water partition coefficient (Wildman–Crippen LogP) is -0.715. The molecule has 1 amide bonds. The summed E-state index contributed by atoms with van der Waals surface area (Å²) in [7, 11) is 1.18. The average Bonchev–Trinajstić information content (AvgIpc) is 2.25. The van der Waals surface area contributed by atoms with Crippen LogP contribution in [0.25, 0.3) is 0 Å². The lowest BCUT2D eigenvalue weighted by molar-refractivity contribution is -0.139. The summed E-state index contributed by atoms with van der Waals surface area (Å²) in [5.41, 5.74) is -0.692. The molecule has 86 valence electrons. The van der Waals surface area contributed by atoms with E-state index >= 15 is 0 Å². The molecule has 0 aliphatic heterocycles. The zero-order valence-corrected chi connectivity index (χ0v) is 8.47. The molecule has 0 saturated heterocycles. The van der Waals surface area contributed by atoms with Crippen molar-refractivity contribution in [1.82, 2.24) is 9.88 Å². The number of hydrogen-bond donors (Lipinski definition) is 2. The number of nitrogens with zero attached hydrogens (tertiary/aromatic N) is 1. The second-order valence-electron chi connectivity index (χ2n) is 2.83. The van der Waals surface area contributed by atoms with Crippen LogP contribution in [0.3, 0.4) is 0 Å². The lowest BCUT2D eigenvalue weighted by atomic mass is 10.4. The quantitative estimate of drug-likeness (QED) is 0.649. The van der Waals surface area contributed by atoms with Gasteiger partial charge in [0.15, 0.2) is 0 Å². The molecule has 1 rings (SSSR count). The number of aromatic hydroxyl groups is 1. The third-order valence-electron chi connectivity index (χ3n) is 1.73. The first-order valence-electron chi connectivity index (χ1n) is 4.31. The summed E-state index contributed by atoms with van der Waals surface area (Å²) in [5, 5.41) is 11.1. The molecule has 1 aromatic heterocycles. The molecule has 0 radical (unpaired) electrons. The summed E-state index contributed by atoms with van der Waals surface area (Å²) in [6, 6.07) is 1.30. The van der Waals surface area contributed by atoms with Crippen molar-refractivity contribution >= 4 is 12.0 Å². The third kappa shape index (κ3) is 2.84. The molecule has 0 aliphatic carbocycles. The molecular formula is C9H10N2O5. The van der Waals surface area contributed by atoms with Crippen molar-refractivity contribution in [2.24, 2.45) is 0 Å². The minimum absolute atomic E-state index is 0.234. The standard InChI is InChI=1S/C9H10N2O5/c1-16-8(14)5-10-9(15)11-3-2-6(12)4-7(11)13/h2-4,12H,5H2,1H3,(H,10,15). The van der Waals surface area contributed by atoms with Crippen molar-refractivity contribution in [2.75, 3.05) is 13.7 Å². The number of methoxy groups -OCH3 is 1. The lowest BCUT2D eigenvalue weighted by Gasteiger charge is -2.05. The molecule has 1 aromatic rings. The molecule has 1 heterocycles. The fraction of sp³-hybridized carbons (Fsp3) is 0.222. The van der Waals surface area contributed by atoms with E-state index in [-0.39, 0.29) is 12.3 Å². The van der Waals surface area contributed by atoms with Gasteiger partial charge in [0.2, 0.25) is 0 Å². The molecule has 0 atom stereocenters. The smallest absolute Gasteiger partial charge is 0.329 e. The Morgan fingerprint density at radius 2 is 2.25 bits per heavy atom. The normalized spacial score (nSPS) is 9.56. The molecular weight excluding hydrogens is 216 g/mol. The number of carbonyl (C=O) groups excluding carboxylic acids is 2. The van der Waals surface area contributed by atoms with Crippen LogP contribution >= 0.6 is 0 Å². The molecule has 0 fully saturated rings. The Hall–Kier alpha value is -2.31. The summed E-state index contributed by atoms with van der Waals surface area (Å²) in [5.74, 6) is -0.859. The zero-order valence-electron chi connectivity index (χ0n) is 8.47. The number of rotatable bonds is 2. The van der Waals surface area contributed by atoms with E-state index in [0.717, 1.165) is 16.8 Å². The molecule has 0 spiro atoms. The Bertz CT molecular complexity index is 465. The first-order valence-corrected chi connectivity index (χ1v) is 4.31. The summed E-state index contributed by atoms with van der Waals surface area (Å²) in [4.78, 5) is 33.3. The van der Waals surface area contributed by atoms with Crippen molar-refractivity contribution in [3.8, 4) is 5.75 Å². The predicted molar refractivity (Wildman–Crippen MR) is 53.2 cm³/mol. The summed E-state index contributed by atoms with van der Waals surface area (Å²) >= 11 is 0. The van der Waals surface area contributed by atoms with Gasteiger partial charge in [-0.3, -0.25) is 9.59 Å². The largest absolute Gasteiger partial charge is 0.508 e. The second kappa shape index (κ2) is 4.96. The van der Waals surface area contributed by atoms with Gasteiger partial charge in [-0.15, -0.1) is 0 Å². The van der Waals surface area contributed by atoms with E-state index in [0.29, 0.717) is 0 Å². The third-order valence-corrected chi connectivity index (χ3v) is 1.73. The maximum Gasteiger partial charge on any atom is 0.329 e. The number of hydrogen-bond acceptors (Lipinski definition) is 5. The fourth-order valence-electron chi connectivity index (χ4n) is 0.941. The van der Waals surface area contributed by atoms with Gasteiger partial charge in [-0.1, -0.05) is 0 Å². The highest BCUT2D eigenvalue weighted by Gasteiger charge is 2.08. The van der Waals surface area contributed by atoms with Gasteiger partial charge in [0.25, 0.3) is 5.56 Å². The zero-order chi connectivity index (χ0) is 12.1. The summed E-state index contributed by atoms with van der Waals surface area (Å²) in [6.45, 7) is -0.331. The Kier molecular flexibility index (Phi) is 3.65. The van der Waals surface area contributed by atoms with E-state index in [1.165, 1.54) is 13.2 Å². The number of esters is 1. The van der Waals surface area contributed by atoms with Gasteiger partial charge in [0.05, 0.1) is 7.11 Å². The number of nitrogens with one attached hydrogen (secondary N) is 1. The molecule has 16 heavy (non-hydrogen) atoms. The second-order valence-corrected chi connectivity index (χ2v) is 2.83. The number of aromatic nitrogens is 1. The number of ether oxygens (including phenoxy) is 1. The van der Waals surface area contributed by atoms with Crippen LogP contribution in [0.4, 0.5) is 4.79 Å². The minimum atomic E-state index is -0.768. The van der Waals surface area contributed by atoms with Gasteiger partial charge in [-0.2, -0.15) is 0 Å². The summed E-state index contributed by atoms with van der Waals surface area (Å²) < 4.78 is 5.03. The van der Waals surface area contributed by atoms with Crippen LogP contribution in [-0.2, 0) is 9.53 Å². The average molecular weight is 226 g/mol. The van der Waals surface area contributed by atoms with E-state index in [1.807, 2.05) is 0 Å². The summed E-state index contributed by atoms with van der Waals surface area (Å²) in [6.07, 6.45) is 1.10. The van der Waals surface area contributed by atoms with Gasteiger partial charge >= 0.3 is 12.0 Å². The van der Waals surface area contributed by atoms with Crippen LogP contribution in [0.5, 0.6) is 5.75 Å². The van der Waals surface area contributed by atoms with Gasteiger partial charge in [-0.25, -0.2) is 9.36 Å². The first-order chi connectivity index (χ1) is 7.54. The van der Waals surface area contributed by atoms with E-state index in [4.69, 9.17) is 5.11 Å². The number of amides is 1. The Labute approximate surface area is 90.3 Å². The molecule has 0 aromatic carbocycles. The van der Waals surface area contributed by atoms with Gasteiger partial charge in [-0.05, 0) is 6.07 Å². The van der Waals surface area contributed by atoms with Crippen LogP contribution in [0.2, 0.25) is 0 Å². The molecule has 7 nitrogen and oxygen atoms in total. The lowest BCUT2D eigenvalue weighted by Crippen LogP contribution is -2.38. The van der Waals surface area contributed by atoms with E-state index in [2.05, 4.69) is 10.1 Å². The highest BCUT2D eigenvalue weighted by atomic mass is 16.5. The van der Waals surface area contributed by atoms with Crippen LogP contribution in [-0.4, -0.2) is 35.3 Å². The van der Waals surface area contributed by atoms with Gasteiger partial charge in [0, 0.05) is 12.3 Å². The SMILES string of the molecule is COC(=O)CNC(=O)n1ccc(O)cc1=O. The van der Waals surface area contributed by atoms with Crippen molar-refractivity contribution < 1.29 is 19.4 Å². The Balaban J connectivity index is 2.74. The minimum Gasteiger partial charge on any atom is -0.508 e. The highest BCUT2D eigenvalue weighted by molar-refractivity contribution is 5.82. The Morgan fingerprint density at radius 3 is 2.81 bits per heavy atom. The van der Waals surface area contributed by atoms with Gasteiger partial charge < -0.3 is 15.2 Å². The maximum absolute atomic E-state index is 11.4. The molecule has 0 saturated carbocycles. The molecule has 7 heteroatoms. The van der Waals surface area contributed by atoms with Crippen molar-refractivity contribution in [3.05, 3.63) is 28.7 Å². The highest BCUT2D eigenvalue weighted by Crippen LogP contribution is 2.00. The van der Waals surface area contributed by atoms with Crippen LogP contribution in [0, 0.1) is 0 Å². The van der Waals surface area contributed by atoms with Crippen LogP contribution in [0.1, 0.15) is 0 Å². The van der Waals surface area contributed by atoms with Crippen LogP contribution in [0.15, 0.2) is 23.1 Å². The maximum atomic E-state index is 11.4. The molecule has 0 unspecified atom stereocenters. The van der Waals surface area contributed by atoms with E-state index in [9.17, 15) is 14.4 Å². The number of pyridine rings is 1. The molecule has 0 bridgehead atoms. The van der Waals surface area contributed by atoms with Crippen LogP contribution < -0.4 is 10.9 Å². The van der Waals surface area contributed by atoms with E-state index < -0.39 is 17.6 Å². The van der Waals surface area contributed by atoms with E-state index in [1.54, 1.807) is 0 Å². The first kappa shape index (κ1) is 11.8. The topological polar surface area (TPSA) is 97.6 Å². The van der Waals surface area contributed by atoms with Crippen molar-refractivity contribution in [2.45, 2.75) is 0 Å². The monoisotopic (exact) mass is 226 g/mol. The fourth-order valence-corrected chi connectivity index (χ4v) is 0.941. The Morgan fingerprint density at radius 1 is 1.56 bits per heavy atom. The number of carbonyl (C=O) groups is 2. The van der Waals surface area contributed by atoms with Crippen molar-refractivity contribution in [1.29, 1.82) is 0 Å².